The van der Waals surface area contributed by atoms with Crippen LogP contribution in [0.5, 0.6) is 0 Å². The van der Waals surface area contributed by atoms with Crippen LogP contribution in [0.3, 0.4) is 0 Å². The van der Waals surface area contributed by atoms with Crippen molar-refractivity contribution < 1.29 is 4.79 Å². The first-order chi connectivity index (χ1) is 11.6. The fraction of sp³-hybridized carbons (Fsp3) is 0.300. The summed E-state index contributed by atoms with van der Waals surface area (Å²) in [6.07, 6.45) is 5.10. The second-order valence-electron chi connectivity index (χ2n) is 6.58. The minimum Gasteiger partial charge on any atom is -0.345 e. The fourth-order valence-corrected chi connectivity index (χ4v) is 3.71. The van der Waals surface area contributed by atoms with Gasteiger partial charge in [-0.3, -0.25) is 4.79 Å². The topological polar surface area (TPSA) is 46.4 Å². The summed E-state index contributed by atoms with van der Waals surface area (Å²) in [6, 6.07) is 12.4. The van der Waals surface area contributed by atoms with Crippen molar-refractivity contribution in [1.29, 1.82) is 0 Å². The highest BCUT2D eigenvalue weighted by atomic mass is 16.1. The van der Waals surface area contributed by atoms with Crippen LogP contribution in [0.25, 0.3) is 5.65 Å². The van der Waals surface area contributed by atoms with Gasteiger partial charge >= 0.3 is 0 Å². The number of hydrogen-bond acceptors (Lipinski definition) is 2. The summed E-state index contributed by atoms with van der Waals surface area (Å²) in [5, 5.41) is 3.22. The molecule has 4 rings (SSSR count). The molecule has 4 nitrogen and oxygen atoms in total. The standard InChI is InChI=1S/C20H21N3O/c1-13-12-14(2)23-11-10-17(19(23)21-13)20(24)22-18-9-5-7-15-6-3-4-8-16(15)18/h3-4,6,8,10-12,18H,5,7,9H2,1-2H3,(H,22,24). The summed E-state index contributed by atoms with van der Waals surface area (Å²) in [7, 11) is 0. The summed E-state index contributed by atoms with van der Waals surface area (Å²) in [5.41, 5.74) is 5.98. The third-order valence-electron chi connectivity index (χ3n) is 4.86. The fourth-order valence-electron chi connectivity index (χ4n) is 3.71. The lowest BCUT2D eigenvalue weighted by molar-refractivity contribution is 0.0934. The minimum atomic E-state index is -0.0447. The average molecular weight is 319 g/mol. The van der Waals surface area contributed by atoms with Crippen LogP contribution in [0.15, 0.2) is 42.6 Å². The summed E-state index contributed by atoms with van der Waals surface area (Å²) >= 11 is 0. The molecule has 1 atom stereocenters. The van der Waals surface area contributed by atoms with Gasteiger partial charge in [-0.15, -0.1) is 0 Å². The number of nitrogens with zero attached hydrogens (tertiary/aromatic N) is 2. The van der Waals surface area contributed by atoms with Crippen LogP contribution in [0.2, 0.25) is 0 Å². The van der Waals surface area contributed by atoms with Crippen LogP contribution in [0, 0.1) is 13.8 Å². The molecule has 1 aromatic carbocycles. The van der Waals surface area contributed by atoms with Crippen molar-refractivity contribution in [1.82, 2.24) is 14.7 Å². The van der Waals surface area contributed by atoms with E-state index in [1.165, 1.54) is 11.1 Å². The Morgan fingerprint density at radius 3 is 2.96 bits per heavy atom. The highest BCUT2D eigenvalue weighted by Crippen LogP contribution is 2.30. The minimum absolute atomic E-state index is 0.0447. The smallest absolute Gasteiger partial charge is 0.255 e. The Bertz CT molecular complexity index is 926. The van der Waals surface area contributed by atoms with E-state index >= 15 is 0 Å². The number of hydrogen-bond donors (Lipinski definition) is 1. The molecule has 1 aliphatic carbocycles. The molecule has 0 saturated heterocycles. The van der Waals surface area contributed by atoms with Gasteiger partial charge in [0.25, 0.3) is 5.91 Å². The van der Waals surface area contributed by atoms with Crippen LogP contribution in [-0.4, -0.2) is 15.3 Å². The zero-order chi connectivity index (χ0) is 16.7. The van der Waals surface area contributed by atoms with E-state index in [0.717, 1.165) is 36.3 Å². The van der Waals surface area contributed by atoms with Crippen molar-refractivity contribution in [3.8, 4) is 0 Å². The highest BCUT2D eigenvalue weighted by molar-refractivity contribution is 6.00. The average Bonchev–Trinajstić information content (AvgIpc) is 2.99. The zero-order valence-electron chi connectivity index (χ0n) is 14.0. The molecule has 122 valence electrons. The van der Waals surface area contributed by atoms with E-state index in [1.54, 1.807) is 0 Å². The number of nitrogens with one attached hydrogen (secondary N) is 1. The van der Waals surface area contributed by atoms with E-state index in [2.05, 4.69) is 28.5 Å². The molecule has 0 saturated carbocycles. The number of carbonyl (C=O) groups is 1. The van der Waals surface area contributed by atoms with Crippen molar-refractivity contribution in [3.05, 3.63) is 70.7 Å². The maximum atomic E-state index is 12.9. The van der Waals surface area contributed by atoms with Crippen LogP contribution in [0.4, 0.5) is 0 Å². The van der Waals surface area contributed by atoms with Crippen LogP contribution < -0.4 is 5.32 Å². The molecule has 0 bridgehead atoms. The van der Waals surface area contributed by atoms with Crippen molar-refractivity contribution in [2.75, 3.05) is 0 Å². The molecular weight excluding hydrogens is 298 g/mol. The first-order valence-corrected chi connectivity index (χ1v) is 8.47. The molecule has 0 fully saturated rings. The second-order valence-corrected chi connectivity index (χ2v) is 6.58. The normalized spacial score (nSPS) is 16.8. The van der Waals surface area contributed by atoms with E-state index < -0.39 is 0 Å². The third kappa shape index (κ3) is 2.48. The molecule has 4 heteroatoms. The zero-order valence-corrected chi connectivity index (χ0v) is 14.0. The van der Waals surface area contributed by atoms with Gasteiger partial charge in [0.05, 0.1) is 11.6 Å². The predicted octanol–water partition coefficient (Wildman–Crippen LogP) is 3.76. The quantitative estimate of drug-likeness (QED) is 0.782. The molecule has 24 heavy (non-hydrogen) atoms. The molecule has 0 spiro atoms. The maximum Gasteiger partial charge on any atom is 0.255 e. The Labute approximate surface area is 141 Å². The SMILES string of the molecule is Cc1cc(C)n2ccc(C(=O)NC3CCCc4ccccc43)c2n1. The second kappa shape index (κ2) is 5.78. The van der Waals surface area contributed by atoms with Crippen molar-refractivity contribution in [3.63, 3.8) is 0 Å². The van der Waals surface area contributed by atoms with Gasteiger partial charge in [0.1, 0.15) is 5.65 Å². The van der Waals surface area contributed by atoms with Crippen molar-refractivity contribution >= 4 is 11.6 Å². The van der Waals surface area contributed by atoms with Gasteiger partial charge < -0.3 is 9.72 Å². The Kier molecular flexibility index (Phi) is 3.60. The number of amides is 1. The molecular formula is C20H21N3O. The molecule has 0 radical (unpaired) electrons. The van der Waals surface area contributed by atoms with Gasteiger partial charge in [0, 0.05) is 17.6 Å². The van der Waals surface area contributed by atoms with Crippen molar-refractivity contribution in [2.24, 2.45) is 0 Å². The van der Waals surface area contributed by atoms with E-state index in [9.17, 15) is 4.79 Å². The first-order valence-electron chi connectivity index (χ1n) is 8.47. The van der Waals surface area contributed by atoms with Gasteiger partial charge in [0.15, 0.2) is 0 Å². The highest BCUT2D eigenvalue weighted by Gasteiger charge is 2.23. The number of benzene rings is 1. The maximum absolute atomic E-state index is 12.9. The molecule has 0 aliphatic heterocycles. The largest absolute Gasteiger partial charge is 0.345 e. The van der Waals surface area contributed by atoms with Crippen molar-refractivity contribution in [2.45, 2.75) is 39.2 Å². The number of aryl methyl sites for hydroxylation is 3. The number of fused-ring (bicyclic) bond motifs is 2. The first kappa shape index (κ1) is 14.9. The van der Waals surface area contributed by atoms with Gasteiger partial charge in [0.2, 0.25) is 0 Å². The van der Waals surface area contributed by atoms with Gasteiger partial charge in [-0.25, -0.2) is 4.98 Å². The Hall–Kier alpha value is -2.62. The van der Waals surface area contributed by atoms with Gasteiger partial charge in [-0.2, -0.15) is 0 Å². The predicted molar refractivity (Wildman–Crippen MR) is 94.3 cm³/mol. The Morgan fingerprint density at radius 2 is 2.08 bits per heavy atom. The van der Waals surface area contributed by atoms with E-state index in [4.69, 9.17) is 0 Å². The van der Waals surface area contributed by atoms with E-state index in [0.29, 0.717) is 5.56 Å². The van der Waals surface area contributed by atoms with Gasteiger partial charge in [-0.1, -0.05) is 24.3 Å². The third-order valence-corrected chi connectivity index (χ3v) is 4.86. The van der Waals surface area contributed by atoms with Crippen LogP contribution >= 0.6 is 0 Å². The molecule has 1 aliphatic rings. The van der Waals surface area contributed by atoms with E-state index in [1.807, 2.05) is 42.6 Å². The van der Waals surface area contributed by atoms with Crippen LogP contribution in [-0.2, 0) is 6.42 Å². The lowest BCUT2D eigenvalue weighted by atomic mass is 9.87. The lowest BCUT2D eigenvalue weighted by Gasteiger charge is -2.26. The summed E-state index contributed by atoms with van der Waals surface area (Å²) in [4.78, 5) is 17.4. The molecule has 1 unspecified atom stereocenters. The summed E-state index contributed by atoms with van der Waals surface area (Å²) < 4.78 is 1.97. The molecule has 2 heterocycles. The van der Waals surface area contributed by atoms with E-state index in [-0.39, 0.29) is 11.9 Å². The summed E-state index contributed by atoms with van der Waals surface area (Å²) in [5.74, 6) is -0.0447. The van der Waals surface area contributed by atoms with Crippen LogP contribution in [0.1, 0.15) is 51.8 Å². The molecule has 3 aromatic rings. The molecule has 2 aromatic heterocycles. The molecule has 1 N–H and O–H groups in total. The number of carbonyl (C=O) groups excluding carboxylic acids is 1. The lowest BCUT2D eigenvalue weighted by Crippen LogP contribution is -2.31. The molecule has 1 amide bonds. The number of aromatic nitrogens is 2. The Balaban J connectivity index is 1.66. The Morgan fingerprint density at radius 1 is 1.25 bits per heavy atom. The number of rotatable bonds is 2. The monoisotopic (exact) mass is 319 g/mol. The summed E-state index contributed by atoms with van der Waals surface area (Å²) in [6.45, 7) is 3.99. The van der Waals surface area contributed by atoms with Gasteiger partial charge in [-0.05, 0) is 56.4 Å².